The number of piperazine rings is 1. The summed E-state index contributed by atoms with van der Waals surface area (Å²) in [6.45, 7) is 0.705. The number of amides is 2. The number of carbonyl (C=O) groups is 3. The Morgan fingerprint density at radius 1 is 1.27 bits per heavy atom. The summed E-state index contributed by atoms with van der Waals surface area (Å²) in [6.07, 6.45) is -0.162. The minimum absolute atomic E-state index is 0.162. The second-order valence-corrected chi connectivity index (χ2v) is 4.81. The highest BCUT2D eigenvalue weighted by molar-refractivity contribution is 5.99. The molecule has 0 radical (unpaired) electrons. The molecule has 1 heterocycles. The van der Waals surface area contributed by atoms with Crippen molar-refractivity contribution in [2.75, 3.05) is 27.3 Å². The second-order valence-electron chi connectivity index (χ2n) is 4.81. The summed E-state index contributed by atoms with van der Waals surface area (Å²) in [7, 11) is 2.79. The van der Waals surface area contributed by atoms with E-state index in [-0.39, 0.29) is 18.2 Å². The van der Waals surface area contributed by atoms with Crippen LogP contribution in [0.4, 0.5) is 0 Å². The van der Waals surface area contributed by atoms with Crippen molar-refractivity contribution < 1.29 is 23.9 Å². The SMILES string of the molecule is COC(=O)CC1C(=O)NCCN1C(=O)c1ccc(OC)cc1. The van der Waals surface area contributed by atoms with Crippen molar-refractivity contribution >= 4 is 17.8 Å². The van der Waals surface area contributed by atoms with Gasteiger partial charge >= 0.3 is 5.97 Å². The topological polar surface area (TPSA) is 84.9 Å². The van der Waals surface area contributed by atoms with Crippen molar-refractivity contribution in [3.8, 4) is 5.75 Å². The van der Waals surface area contributed by atoms with Crippen LogP contribution in [0.3, 0.4) is 0 Å². The van der Waals surface area contributed by atoms with Gasteiger partial charge in [-0.2, -0.15) is 0 Å². The van der Waals surface area contributed by atoms with Gasteiger partial charge in [0, 0.05) is 18.7 Å². The molecule has 1 saturated heterocycles. The zero-order valence-corrected chi connectivity index (χ0v) is 12.5. The number of methoxy groups -OCH3 is 2. The molecule has 1 atom stereocenters. The number of carbonyl (C=O) groups excluding carboxylic acids is 3. The van der Waals surface area contributed by atoms with Crippen LogP contribution in [0.25, 0.3) is 0 Å². The van der Waals surface area contributed by atoms with E-state index < -0.39 is 12.0 Å². The number of esters is 1. The second kappa shape index (κ2) is 6.93. The molecule has 0 spiro atoms. The molecule has 1 aliphatic heterocycles. The lowest BCUT2D eigenvalue weighted by molar-refractivity contribution is -0.145. The van der Waals surface area contributed by atoms with Gasteiger partial charge in [0.15, 0.2) is 0 Å². The molecule has 118 valence electrons. The molecule has 1 N–H and O–H groups in total. The lowest BCUT2D eigenvalue weighted by atomic mass is 10.1. The maximum absolute atomic E-state index is 12.6. The fraction of sp³-hybridized carbons (Fsp3) is 0.400. The average Bonchev–Trinajstić information content (AvgIpc) is 2.56. The van der Waals surface area contributed by atoms with Crippen LogP contribution < -0.4 is 10.1 Å². The minimum Gasteiger partial charge on any atom is -0.497 e. The van der Waals surface area contributed by atoms with Crippen LogP contribution in [-0.4, -0.2) is 56.0 Å². The van der Waals surface area contributed by atoms with Gasteiger partial charge < -0.3 is 19.7 Å². The molecule has 1 aromatic rings. The van der Waals surface area contributed by atoms with Gasteiger partial charge in [-0.05, 0) is 24.3 Å². The summed E-state index contributed by atoms with van der Waals surface area (Å²) >= 11 is 0. The molecule has 0 bridgehead atoms. The number of benzene rings is 1. The van der Waals surface area contributed by atoms with Crippen LogP contribution in [-0.2, 0) is 14.3 Å². The fourth-order valence-corrected chi connectivity index (χ4v) is 2.30. The zero-order chi connectivity index (χ0) is 16.1. The molecule has 0 aromatic heterocycles. The summed E-state index contributed by atoms with van der Waals surface area (Å²) in [5, 5.41) is 2.66. The molecule has 0 saturated carbocycles. The van der Waals surface area contributed by atoms with Crippen LogP contribution in [0.15, 0.2) is 24.3 Å². The van der Waals surface area contributed by atoms with E-state index in [0.717, 1.165) is 0 Å². The van der Waals surface area contributed by atoms with Crippen LogP contribution in [0, 0.1) is 0 Å². The first kappa shape index (κ1) is 15.8. The van der Waals surface area contributed by atoms with Crippen molar-refractivity contribution in [2.45, 2.75) is 12.5 Å². The summed E-state index contributed by atoms with van der Waals surface area (Å²) in [6, 6.07) is 5.75. The molecule has 1 aromatic carbocycles. The quantitative estimate of drug-likeness (QED) is 0.803. The Kier molecular flexibility index (Phi) is 4.98. The molecule has 1 aliphatic rings. The molecule has 2 rings (SSSR count). The number of hydrogen-bond donors (Lipinski definition) is 1. The predicted octanol–water partition coefficient (Wildman–Crippen LogP) is 0.199. The van der Waals surface area contributed by atoms with Gasteiger partial charge in [0.25, 0.3) is 5.91 Å². The van der Waals surface area contributed by atoms with E-state index in [9.17, 15) is 14.4 Å². The molecule has 1 unspecified atom stereocenters. The summed E-state index contributed by atoms with van der Waals surface area (Å²) in [4.78, 5) is 37.4. The van der Waals surface area contributed by atoms with Crippen LogP contribution in [0.5, 0.6) is 5.75 Å². The molecule has 7 nitrogen and oxygen atoms in total. The molecular formula is C15H18N2O5. The van der Waals surface area contributed by atoms with Crippen molar-refractivity contribution in [3.63, 3.8) is 0 Å². The Morgan fingerprint density at radius 2 is 1.95 bits per heavy atom. The van der Waals surface area contributed by atoms with Gasteiger partial charge in [-0.25, -0.2) is 0 Å². The van der Waals surface area contributed by atoms with Crippen LogP contribution in [0.1, 0.15) is 16.8 Å². The van der Waals surface area contributed by atoms with Gasteiger partial charge in [0.05, 0.1) is 20.6 Å². The summed E-state index contributed by atoms with van der Waals surface area (Å²) in [5.41, 5.74) is 0.436. The van der Waals surface area contributed by atoms with Crippen molar-refractivity contribution in [2.24, 2.45) is 0 Å². The maximum atomic E-state index is 12.6. The minimum atomic E-state index is -0.851. The van der Waals surface area contributed by atoms with E-state index in [1.54, 1.807) is 24.3 Å². The summed E-state index contributed by atoms with van der Waals surface area (Å²) in [5.74, 6) is -0.543. The number of nitrogens with one attached hydrogen (secondary N) is 1. The number of rotatable bonds is 4. The van der Waals surface area contributed by atoms with Gasteiger partial charge in [-0.1, -0.05) is 0 Å². The van der Waals surface area contributed by atoms with E-state index in [0.29, 0.717) is 24.4 Å². The molecule has 7 heteroatoms. The van der Waals surface area contributed by atoms with E-state index in [1.807, 2.05) is 0 Å². The standard InChI is InChI=1S/C15H18N2O5/c1-21-11-5-3-10(4-6-11)15(20)17-8-7-16-14(19)12(17)9-13(18)22-2/h3-6,12H,7-9H2,1-2H3,(H,16,19). The third kappa shape index (κ3) is 3.36. The highest BCUT2D eigenvalue weighted by atomic mass is 16.5. The van der Waals surface area contributed by atoms with Crippen molar-refractivity contribution in [1.29, 1.82) is 0 Å². The smallest absolute Gasteiger partial charge is 0.308 e. The maximum Gasteiger partial charge on any atom is 0.308 e. The third-order valence-electron chi connectivity index (χ3n) is 3.52. The Hall–Kier alpha value is -2.57. The first-order valence-corrected chi connectivity index (χ1v) is 6.86. The lowest BCUT2D eigenvalue weighted by Gasteiger charge is -2.34. The molecule has 0 aliphatic carbocycles. The fourth-order valence-electron chi connectivity index (χ4n) is 2.30. The van der Waals surface area contributed by atoms with E-state index >= 15 is 0 Å². The zero-order valence-electron chi connectivity index (χ0n) is 12.5. The van der Waals surface area contributed by atoms with Crippen molar-refractivity contribution in [1.82, 2.24) is 10.2 Å². The first-order valence-electron chi connectivity index (χ1n) is 6.86. The Balaban J connectivity index is 2.19. The molecule has 2 amide bonds. The number of hydrogen-bond acceptors (Lipinski definition) is 5. The first-order chi connectivity index (χ1) is 10.6. The highest BCUT2D eigenvalue weighted by Gasteiger charge is 2.35. The number of nitrogens with zero attached hydrogens (tertiary/aromatic N) is 1. The van der Waals surface area contributed by atoms with Crippen molar-refractivity contribution in [3.05, 3.63) is 29.8 Å². The van der Waals surface area contributed by atoms with Gasteiger partial charge in [-0.3, -0.25) is 14.4 Å². The predicted molar refractivity (Wildman–Crippen MR) is 77.5 cm³/mol. The monoisotopic (exact) mass is 306 g/mol. The molecular weight excluding hydrogens is 288 g/mol. The average molecular weight is 306 g/mol. The van der Waals surface area contributed by atoms with Crippen LogP contribution >= 0.6 is 0 Å². The third-order valence-corrected chi connectivity index (χ3v) is 3.52. The van der Waals surface area contributed by atoms with E-state index in [4.69, 9.17) is 4.74 Å². The Morgan fingerprint density at radius 3 is 2.55 bits per heavy atom. The van der Waals surface area contributed by atoms with Gasteiger partial charge in [-0.15, -0.1) is 0 Å². The van der Waals surface area contributed by atoms with E-state index in [2.05, 4.69) is 10.1 Å². The van der Waals surface area contributed by atoms with E-state index in [1.165, 1.54) is 19.1 Å². The number of ether oxygens (including phenoxy) is 2. The molecule has 1 fully saturated rings. The normalized spacial score (nSPS) is 17.6. The Bertz CT molecular complexity index is 570. The summed E-state index contributed by atoms with van der Waals surface area (Å²) < 4.78 is 9.64. The van der Waals surface area contributed by atoms with Crippen LogP contribution in [0.2, 0.25) is 0 Å². The Labute approximate surface area is 128 Å². The molecule has 22 heavy (non-hydrogen) atoms. The van der Waals surface area contributed by atoms with Gasteiger partial charge in [0.2, 0.25) is 5.91 Å². The largest absolute Gasteiger partial charge is 0.497 e. The highest BCUT2D eigenvalue weighted by Crippen LogP contribution is 2.17. The lowest BCUT2D eigenvalue weighted by Crippen LogP contribution is -2.57. The van der Waals surface area contributed by atoms with Gasteiger partial charge in [0.1, 0.15) is 11.8 Å².